The third-order valence-electron chi connectivity index (χ3n) is 4.22. The summed E-state index contributed by atoms with van der Waals surface area (Å²) >= 11 is 0. The quantitative estimate of drug-likeness (QED) is 0.294. The van der Waals surface area contributed by atoms with Crippen LogP contribution in [0, 0.1) is 6.92 Å². The molecule has 0 aromatic heterocycles. The van der Waals surface area contributed by atoms with Gasteiger partial charge in [0.2, 0.25) is 0 Å². The van der Waals surface area contributed by atoms with Crippen molar-refractivity contribution in [2.75, 3.05) is 32.7 Å². The number of hydrogen-bond acceptors (Lipinski definition) is 2. The first-order chi connectivity index (χ1) is 11.2. The predicted octanol–water partition coefficient (Wildman–Crippen LogP) is 3.49. The van der Waals surface area contributed by atoms with Crippen LogP contribution in [-0.2, 0) is 0 Å². The van der Waals surface area contributed by atoms with Crippen LogP contribution in [0.1, 0.15) is 36.9 Å². The number of rotatable bonds is 7. The van der Waals surface area contributed by atoms with E-state index in [1.54, 1.807) is 0 Å². The summed E-state index contributed by atoms with van der Waals surface area (Å²) in [5, 5.41) is 6.58. The Hall–Kier alpha value is -1.08. The molecule has 1 aromatic carbocycles. The second kappa shape index (κ2) is 11.5. The number of nitrogens with zero attached hydrogens (tertiary/aromatic N) is 2. The van der Waals surface area contributed by atoms with E-state index in [9.17, 15) is 0 Å². The van der Waals surface area contributed by atoms with Crippen molar-refractivity contribution in [2.24, 2.45) is 4.99 Å². The van der Waals surface area contributed by atoms with Gasteiger partial charge in [-0.3, -0.25) is 9.89 Å². The summed E-state index contributed by atoms with van der Waals surface area (Å²) in [5.74, 6) is 0.865. The first-order valence-electron chi connectivity index (χ1n) is 8.68. The minimum absolute atomic E-state index is 0. The summed E-state index contributed by atoms with van der Waals surface area (Å²) in [6.45, 7) is 12.7. The third-order valence-corrected chi connectivity index (χ3v) is 4.22. The Kier molecular flexibility index (Phi) is 10.0. The Morgan fingerprint density at radius 2 is 1.92 bits per heavy atom. The van der Waals surface area contributed by atoms with Gasteiger partial charge in [-0.05, 0) is 45.3 Å². The summed E-state index contributed by atoms with van der Waals surface area (Å²) in [7, 11) is 0. The van der Waals surface area contributed by atoms with Crippen LogP contribution in [0.3, 0.4) is 0 Å². The molecule has 134 valence electrons. The molecule has 5 heteroatoms. The molecule has 0 radical (unpaired) electrons. The van der Waals surface area contributed by atoms with Gasteiger partial charge >= 0.3 is 0 Å². The van der Waals surface area contributed by atoms with Gasteiger partial charge in [0, 0.05) is 13.1 Å². The second-order valence-electron chi connectivity index (χ2n) is 6.06. The second-order valence-corrected chi connectivity index (χ2v) is 6.06. The lowest BCUT2D eigenvalue weighted by atomic mass is 10.0. The molecule has 1 aliphatic heterocycles. The molecule has 1 fully saturated rings. The molecule has 1 atom stereocenters. The molecule has 0 bridgehead atoms. The monoisotopic (exact) mass is 442 g/mol. The zero-order chi connectivity index (χ0) is 16.5. The SMILES string of the molecule is C=CCNC(=NCC(c1ccc(C)cc1)N1CCCC1)NCC.I. The van der Waals surface area contributed by atoms with Crippen LogP contribution >= 0.6 is 24.0 Å². The van der Waals surface area contributed by atoms with Crippen LogP contribution in [-0.4, -0.2) is 43.6 Å². The van der Waals surface area contributed by atoms with Gasteiger partial charge in [-0.1, -0.05) is 35.9 Å². The maximum atomic E-state index is 4.80. The number of hydrogen-bond donors (Lipinski definition) is 2. The molecule has 1 saturated heterocycles. The van der Waals surface area contributed by atoms with E-state index in [1.165, 1.54) is 37.1 Å². The Labute approximate surface area is 163 Å². The highest BCUT2D eigenvalue weighted by atomic mass is 127. The number of likely N-dealkylation sites (tertiary alicyclic amines) is 1. The van der Waals surface area contributed by atoms with Crippen molar-refractivity contribution in [2.45, 2.75) is 32.7 Å². The highest BCUT2D eigenvalue weighted by Gasteiger charge is 2.23. The lowest BCUT2D eigenvalue weighted by molar-refractivity contribution is 0.251. The molecule has 2 rings (SSSR count). The molecule has 0 spiro atoms. The average molecular weight is 442 g/mol. The highest BCUT2D eigenvalue weighted by molar-refractivity contribution is 14.0. The zero-order valence-corrected chi connectivity index (χ0v) is 17.3. The van der Waals surface area contributed by atoms with Crippen molar-refractivity contribution in [3.05, 3.63) is 48.0 Å². The molecule has 4 nitrogen and oxygen atoms in total. The lowest BCUT2D eigenvalue weighted by Gasteiger charge is -2.27. The van der Waals surface area contributed by atoms with E-state index >= 15 is 0 Å². The van der Waals surface area contributed by atoms with Gasteiger partial charge in [0.25, 0.3) is 0 Å². The summed E-state index contributed by atoms with van der Waals surface area (Å²) in [6, 6.07) is 9.25. The standard InChI is InChI=1S/C19H30N4.HI/c1-4-12-21-19(20-5-2)22-15-18(23-13-6-7-14-23)17-10-8-16(3)9-11-17;/h4,8-11,18H,1,5-7,12-15H2,2-3H3,(H2,20,21,22);1H. The maximum Gasteiger partial charge on any atom is 0.191 e. The molecule has 24 heavy (non-hydrogen) atoms. The van der Waals surface area contributed by atoms with Crippen molar-refractivity contribution in [1.29, 1.82) is 0 Å². The molecule has 1 unspecified atom stereocenters. The van der Waals surface area contributed by atoms with E-state index in [-0.39, 0.29) is 24.0 Å². The van der Waals surface area contributed by atoms with Gasteiger partial charge in [0.05, 0.1) is 12.6 Å². The van der Waals surface area contributed by atoms with Crippen molar-refractivity contribution < 1.29 is 0 Å². The van der Waals surface area contributed by atoms with Gasteiger partial charge in [-0.15, -0.1) is 30.6 Å². The molecular weight excluding hydrogens is 411 g/mol. The highest BCUT2D eigenvalue weighted by Crippen LogP contribution is 2.25. The van der Waals surface area contributed by atoms with E-state index < -0.39 is 0 Å². The summed E-state index contributed by atoms with van der Waals surface area (Å²) in [5.41, 5.74) is 2.67. The van der Waals surface area contributed by atoms with Crippen LogP contribution in [0.5, 0.6) is 0 Å². The largest absolute Gasteiger partial charge is 0.357 e. The van der Waals surface area contributed by atoms with Crippen LogP contribution in [0.15, 0.2) is 41.9 Å². The lowest BCUT2D eigenvalue weighted by Crippen LogP contribution is -2.38. The number of benzene rings is 1. The number of aryl methyl sites for hydroxylation is 1. The van der Waals surface area contributed by atoms with Crippen molar-refractivity contribution in [3.63, 3.8) is 0 Å². The molecule has 0 aliphatic carbocycles. The van der Waals surface area contributed by atoms with Crippen molar-refractivity contribution >= 4 is 29.9 Å². The fourth-order valence-corrected chi connectivity index (χ4v) is 2.96. The smallest absolute Gasteiger partial charge is 0.191 e. The van der Waals surface area contributed by atoms with Gasteiger partial charge in [-0.2, -0.15) is 0 Å². The fraction of sp³-hybridized carbons (Fsp3) is 0.526. The predicted molar refractivity (Wildman–Crippen MR) is 114 cm³/mol. The number of guanidine groups is 1. The summed E-state index contributed by atoms with van der Waals surface area (Å²) in [6.07, 6.45) is 4.44. The molecule has 1 heterocycles. The van der Waals surface area contributed by atoms with E-state index in [0.717, 1.165) is 25.6 Å². The normalized spacial score (nSPS) is 16.3. The van der Waals surface area contributed by atoms with E-state index in [4.69, 9.17) is 4.99 Å². The molecule has 2 N–H and O–H groups in total. The van der Waals surface area contributed by atoms with Crippen LogP contribution in [0.4, 0.5) is 0 Å². The maximum absolute atomic E-state index is 4.80. The van der Waals surface area contributed by atoms with Crippen molar-refractivity contribution in [1.82, 2.24) is 15.5 Å². The molecule has 0 amide bonds. The Morgan fingerprint density at radius 1 is 1.25 bits per heavy atom. The Morgan fingerprint density at radius 3 is 2.50 bits per heavy atom. The molecular formula is C19H31IN4. The number of aliphatic imine (C=N–C) groups is 1. The topological polar surface area (TPSA) is 39.7 Å². The molecule has 1 aromatic rings. The Balaban J connectivity index is 0.00000288. The fourth-order valence-electron chi connectivity index (χ4n) is 2.96. The van der Waals surface area contributed by atoms with Crippen LogP contribution < -0.4 is 10.6 Å². The molecule has 0 saturated carbocycles. The van der Waals surface area contributed by atoms with Gasteiger partial charge in [0.15, 0.2) is 5.96 Å². The number of halogens is 1. The minimum Gasteiger partial charge on any atom is -0.357 e. The van der Waals surface area contributed by atoms with Gasteiger partial charge < -0.3 is 10.6 Å². The van der Waals surface area contributed by atoms with Gasteiger partial charge in [0.1, 0.15) is 0 Å². The van der Waals surface area contributed by atoms with E-state index in [1.807, 2.05) is 6.08 Å². The van der Waals surface area contributed by atoms with Crippen LogP contribution in [0.25, 0.3) is 0 Å². The first kappa shape index (κ1) is 21.0. The number of nitrogens with one attached hydrogen (secondary N) is 2. The van der Waals surface area contributed by atoms with Crippen LogP contribution in [0.2, 0.25) is 0 Å². The first-order valence-corrected chi connectivity index (χ1v) is 8.68. The summed E-state index contributed by atoms with van der Waals surface area (Å²) in [4.78, 5) is 7.36. The average Bonchev–Trinajstić information content (AvgIpc) is 3.08. The van der Waals surface area contributed by atoms with Crippen molar-refractivity contribution in [3.8, 4) is 0 Å². The Bertz CT molecular complexity index is 507. The van der Waals surface area contributed by atoms with E-state index in [0.29, 0.717) is 6.04 Å². The third kappa shape index (κ3) is 6.43. The molecule has 1 aliphatic rings. The zero-order valence-electron chi connectivity index (χ0n) is 14.9. The summed E-state index contributed by atoms with van der Waals surface area (Å²) < 4.78 is 0. The van der Waals surface area contributed by atoms with Gasteiger partial charge in [-0.25, -0.2) is 0 Å². The minimum atomic E-state index is 0. The van der Waals surface area contributed by atoms with E-state index in [2.05, 4.69) is 60.2 Å².